The minimum atomic E-state index is -0.717. The fourth-order valence-electron chi connectivity index (χ4n) is 1.71. The van der Waals surface area contributed by atoms with Crippen LogP contribution in [0.3, 0.4) is 0 Å². The van der Waals surface area contributed by atoms with Crippen molar-refractivity contribution >= 4 is 17.7 Å². The summed E-state index contributed by atoms with van der Waals surface area (Å²) in [5.74, 6) is 1.15. The first-order chi connectivity index (χ1) is 10.2. The summed E-state index contributed by atoms with van der Waals surface area (Å²) in [6.45, 7) is 3.97. The van der Waals surface area contributed by atoms with Gasteiger partial charge in [0.05, 0.1) is 5.92 Å². The van der Waals surface area contributed by atoms with Crippen LogP contribution in [-0.4, -0.2) is 22.6 Å². The van der Waals surface area contributed by atoms with E-state index in [1.54, 1.807) is 6.92 Å². The molecule has 1 atom stereocenters. The quantitative estimate of drug-likeness (QED) is 0.279. The molecule has 0 amide bonds. The van der Waals surface area contributed by atoms with E-state index in [0.29, 0.717) is 6.42 Å². The van der Waals surface area contributed by atoms with Crippen molar-refractivity contribution in [1.29, 1.82) is 0 Å². The summed E-state index contributed by atoms with van der Waals surface area (Å²) in [5, 5.41) is 8.73. The van der Waals surface area contributed by atoms with Crippen molar-refractivity contribution in [2.75, 3.05) is 11.5 Å². The molecule has 21 heavy (non-hydrogen) atoms. The Labute approximate surface area is 134 Å². The molecular weight excluding hydrogens is 280 g/mol. The zero-order chi connectivity index (χ0) is 15.8. The second-order valence-corrected chi connectivity index (χ2v) is 6.37. The number of hydrogen-bond acceptors (Lipinski definition) is 2. The highest BCUT2D eigenvalue weighted by Gasteiger charge is 2.08. The van der Waals surface area contributed by atoms with E-state index < -0.39 is 5.97 Å². The molecule has 0 aromatic rings. The number of unbranched alkanes of at least 4 members (excludes halogenated alkanes) is 3. The molecule has 0 aromatic carbocycles. The minimum absolute atomic E-state index is 0.262. The lowest BCUT2D eigenvalue weighted by molar-refractivity contribution is -0.141. The highest BCUT2D eigenvalue weighted by Crippen LogP contribution is 2.06. The van der Waals surface area contributed by atoms with Crippen LogP contribution >= 0.6 is 11.8 Å². The van der Waals surface area contributed by atoms with Crippen LogP contribution < -0.4 is 0 Å². The Balaban J connectivity index is 3.41. The van der Waals surface area contributed by atoms with Gasteiger partial charge in [-0.2, -0.15) is 11.8 Å². The summed E-state index contributed by atoms with van der Waals surface area (Å²) >= 11 is 1.91. The molecule has 0 aliphatic heterocycles. The van der Waals surface area contributed by atoms with Crippen molar-refractivity contribution in [2.24, 2.45) is 5.92 Å². The Hall–Kier alpha value is -0.920. The van der Waals surface area contributed by atoms with Gasteiger partial charge in [-0.05, 0) is 50.0 Å². The van der Waals surface area contributed by atoms with Crippen LogP contribution in [0.2, 0.25) is 0 Å². The lowest BCUT2D eigenvalue weighted by Gasteiger charge is -2.00. The summed E-state index contributed by atoms with van der Waals surface area (Å²) < 4.78 is 0. The molecule has 0 fully saturated rings. The van der Waals surface area contributed by atoms with Gasteiger partial charge in [0.25, 0.3) is 0 Å². The molecule has 0 radical (unpaired) electrons. The van der Waals surface area contributed by atoms with Gasteiger partial charge in [-0.1, -0.05) is 38.8 Å². The maximum atomic E-state index is 10.6. The molecule has 0 rings (SSSR count). The van der Waals surface area contributed by atoms with E-state index in [4.69, 9.17) is 5.11 Å². The summed E-state index contributed by atoms with van der Waals surface area (Å²) in [6.07, 6.45) is 16.3. The molecule has 0 aromatic heterocycles. The lowest BCUT2D eigenvalue weighted by Crippen LogP contribution is -2.08. The van der Waals surface area contributed by atoms with E-state index in [1.165, 1.54) is 25.7 Å². The third kappa shape index (κ3) is 15.3. The fourth-order valence-corrected chi connectivity index (χ4v) is 2.40. The molecule has 0 bridgehead atoms. The second-order valence-electron chi connectivity index (χ2n) is 5.22. The molecule has 0 saturated heterocycles. The van der Waals surface area contributed by atoms with Crippen molar-refractivity contribution in [1.82, 2.24) is 0 Å². The molecule has 0 spiro atoms. The normalized spacial score (nSPS) is 12.1. The Bertz CT molecular complexity index is 341. The average Bonchev–Trinajstić information content (AvgIpc) is 2.47. The molecule has 0 saturated carbocycles. The molecule has 120 valence electrons. The number of carboxylic acids is 1. The first-order valence-corrected chi connectivity index (χ1v) is 9.18. The molecule has 2 nitrogen and oxygen atoms in total. The highest BCUT2D eigenvalue weighted by molar-refractivity contribution is 7.99. The first-order valence-electron chi connectivity index (χ1n) is 8.03. The predicted octanol–water partition coefficient (Wildman–Crippen LogP) is 5.46. The van der Waals surface area contributed by atoms with E-state index in [0.717, 1.165) is 24.3 Å². The van der Waals surface area contributed by atoms with Gasteiger partial charge in [0.1, 0.15) is 0 Å². The van der Waals surface area contributed by atoms with Crippen molar-refractivity contribution in [2.45, 2.75) is 58.8 Å². The number of hydrogen-bond donors (Lipinski definition) is 1. The number of carboxylic acid groups (broad SMARTS) is 1. The Morgan fingerprint density at radius 3 is 2.67 bits per heavy atom. The maximum absolute atomic E-state index is 10.6. The van der Waals surface area contributed by atoms with Crippen LogP contribution in [0.5, 0.6) is 0 Å². The van der Waals surface area contributed by atoms with Gasteiger partial charge in [0.15, 0.2) is 0 Å². The Kier molecular flexibility index (Phi) is 14.8. The van der Waals surface area contributed by atoms with Crippen LogP contribution in [0.15, 0.2) is 30.0 Å². The number of allylic oxidation sites excluding steroid dienone is 2. The van der Waals surface area contributed by atoms with Gasteiger partial charge in [-0.25, -0.2) is 0 Å². The Morgan fingerprint density at radius 2 is 1.95 bits per heavy atom. The highest BCUT2D eigenvalue weighted by atomic mass is 32.2. The van der Waals surface area contributed by atoms with Crippen molar-refractivity contribution < 1.29 is 9.90 Å². The smallest absolute Gasteiger partial charge is 0.306 e. The molecule has 0 heterocycles. The topological polar surface area (TPSA) is 37.3 Å². The van der Waals surface area contributed by atoms with E-state index in [1.807, 2.05) is 23.9 Å². The summed E-state index contributed by atoms with van der Waals surface area (Å²) in [6, 6.07) is 0. The predicted molar refractivity (Wildman–Crippen MR) is 93.9 cm³/mol. The van der Waals surface area contributed by atoms with Gasteiger partial charge in [-0.3, -0.25) is 4.79 Å². The van der Waals surface area contributed by atoms with Crippen molar-refractivity contribution in [3.8, 4) is 0 Å². The summed E-state index contributed by atoms with van der Waals surface area (Å²) in [5.41, 5.74) is 3.12. The van der Waals surface area contributed by atoms with E-state index >= 15 is 0 Å². The minimum Gasteiger partial charge on any atom is -0.481 e. The zero-order valence-corrected chi connectivity index (χ0v) is 14.3. The average molecular weight is 311 g/mol. The van der Waals surface area contributed by atoms with Gasteiger partial charge < -0.3 is 5.11 Å². The number of aliphatic carboxylic acids is 1. The van der Waals surface area contributed by atoms with Crippen LogP contribution in [0, 0.1) is 5.92 Å². The summed E-state index contributed by atoms with van der Waals surface area (Å²) in [4.78, 5) is 10.6. The van der Waals surface area contributed by atoms with E-state index in [-0.39, 0.29) is 5.92 Å². The molecule has 0 aliphatic rings. The fraction of sp³-hybridized carbons (Fsp3) is 0.667. The number of carbonyl (C=O) groups is 1. The van der Waals surface area contributed by atoms with Gasteiger partial charge in [0, 0.05) is 5.75 Å². The second kappa shape index (κ2) is 15.5. The van der Waals surface area contributed by atoms with Gasteiger partial charge in [-0.15, -0.1) is 5.73 Å². The van der Waals surface area contributed by atoms with E-state index in [2.05, 4.69) is 24.8 Å². The largest absolute Gasteiger partial charge is 0.481 e. The standard InChI is InChI=1S/C18H30O2S/c1-3-4-5-6-7-9-12-15-21-16-13-10-8-11-14-17(2)18(19)20/h7-9,13,17H,3-6,11-12,14-16H2,1-2H3,(H,19,20)/b9-7-. The monoisotopic (exact) mass is 310 g/mol. The first kappa shape index (κ1) is 20.1. The lowest BCUT2D eigenvalue weighted by atomic mass is 10.1. The van der Waals surface area contributed by atoms with Crippen molar-refractivity contribution in [3.05, 3.63) is 30.0 Å². The summed E-state index contributed by atoms with van der Waals surface area (Å²) in [7, 11) is 0. The Morgan fingerprint density at radius 1 is 1.19 bits per heavy atom. The van der Waals surface area contributed by atoms with Crippen LogP contribution in [0.25, 0.3) is 0 Å². The van der Waals surface area contributed by atoms with E-state index in [9.17, 15) is 4.79 Å². The van der Waals surface area contributed by atoms with Crippen molar-refractivity contribution in [3.63, 3.8) is 0 Å². The number of rotatable bonds is 13. The van der Waals surface area contributed by atoms with Crippen LogP contribution in [-0.2, 0) is 4.79 Å². The molecule has 1 N–H and O–H groups in total. The van der Waals surface area contributed by atoms with Crippen LogP contribution in [0.1, 0.15) is 58.8 Å². The zero-order valence-electron chi connectivity index (χ0n) is 13.5. The molecule has 3 heteroatoms. The third-order valence-corrected chi connectivity index (χ3v) is 4.10. The maximum Gasteiger partial charge on any atom is 0.306 e. The molecule has 1 unspecified atom stereocenters. The molecular formula is C18H30O2S. The molecule has 0 aliphatic carbocycles. The van der Waals surface area contributed by atoms with Gasteiger partial charge >= 0.3 is 5.97 Å². The number of thioether (sulfide) groups is 1. The SMILES string of the molecule is CCCCC/C=C\CCSCC=C=CCCC(C)C(=O)O. The third-order valence-electron chi connectivity index (χ3n) is 3.17. The van der Waals surface area contributed by atoms with Gasteiger partial charge in [0.2, 0.25) is 0 Å². The van der Waals surface area contributed by atoms with Crippen LogP contribution in [0.4, 0.5) is 0 Å².